The maximum Gasteiger partial charge on any atom is 0.145 e. The Morgan fingerprint density at radius 3 is 1.59 bits per heavy atom. The molecule has 4 nitrogen and oxygen atoms in total. The van der Waals surface area contributed by atoms with Crippen molar-refractivity contribution in [3.8, 4) is 39.3 Å². The molecule has 16 rings (SSSR count). The van der Waals surface area contributed by atoms with Gasteiger partial charge in [-0.2, -0.15) is 0 Å². The fourth-order valence-electron chi connectivity index (χ4n) is 11.9. The fraction of sp³-hybridized carbons (Fsp3) is 0. The monoisotopic (exact) mass is 921 g/mol. The summed E-state index contributed by atoms with van der Waals surface area (Å²) in [6, 6.07) is 86.6. The Kier molecular flexibility index (Phi) is 8.01. The maximum absolute atomic E-state index is 6.97. The molecule has 5 aromatic heterocycles. The summed E-state index contributed by atoms with van der Waals surface area (Å²) >= 11 is 1.87. The molecule has 0 unspecified atom stereocenters. The van der Waals surface area contributed by atoms with Crippen LogP contribution in [0.15, 0.2) is 241 Å². The highest BCUT2D eigenvalue weighted by Gasteiger charge is 2.22. The van der Waals surface area contributed by atoms with E-state index in [1.807, 2.05) is 11.3 Å². The molecular weight excluding hydrogens is 883 g/mol. The van der Waals surface area contributed by atoms with E-state index in [1.54, 1.807) is 0 Å². The van der Waals surface area contributed by atoms with Crippen molar-refractivity contribution in [1.29, 1.82) is 0 Å². The molecule has 0 amide bonds. The van der Waals surface area contributed by atoms with E-state index in [1.165, 1.54) is 91.4 Å². The van der Waals surface area contributed by atoms with E-state index >= 15 is 0 Å². The Hall–Kier alpha value is -9.16. The Morgan fingerprint density at radius 2 is 0.845 bits per heavy atom. The predicted molar refractivity (Wildman–Crippen MR) is 300 cm³/mol. The van der Waals surface area contributed by atoms with Crippen LogP contribution in [0.3, 0.4) is 0 Å². The van der Waals surface area contributed by atoms with E-state index in [2.05, 4.69) is 250 Å². The first-order valence-corrected chi connectivity index (χ1v) is 25.1. The van der Waals surface area contributed by atoms with Crippen LogP contribution in [0.2, 0.25) is 0 Å². The van der Waals surface area contributed by atoms with Gasteiger partial charge in [-0.05, 0) is 125 Å². The summed E-state index contributed by atoms with van der Waals surface area (Å²) in [4.78, 5) is 0. The summed E-state index contributed by atoms with van der Waals surface area (Å²) < 4.78 is 16.8. The number of hydrogen-bond acceptors (Lipinski definition) is 2. The summed E-state index contributed by atoms with van der Waals surface area (Å²) in [5, 5.41) is 12.1. The molecular formula is C66H39N3OS. The van der Waals surface area contributed by atoms with Crippen LogP contribution in [-0.2, 0) is 0 Å². The molecule has 0 fully saturated rings. The van der Waals surface area contributed by atoms with Crippen molar-refractivity contribution in [2.45, 2.75) is 0 Å². The second kappa shape index (κ2) is 14.7. The smallest absolute Gasteiger partial charge is 0.145 e. The van der Waals surface area contributed by atoms with Crippen LogP contribution in [-0.4, -0.2) is 13.7 Å². The van der Waals surface area contributed by atoms with E-state index in [-0.39, 0.29) is 0 Å². The van der Waals surface area contributed by atoms with Gasteiger partial charge in [-0.3, -0.25) is 0 Å². The lowest BCUT2D eigenvalue weighted by Gasteiger charge is -2.11. The number of hydrogen-bond donors (Lipinski definition) is 0. The van der Waals surface area contributed by atoms with Crippen molar-refractivity contribution in [1.82, 2.24) is 13.7 Å². The third kappa shape index (κ3) is 5.55. The van der Waals surface area contributed by atoms with Crippen molar-refractivity contribution >= 4 is 119 Å². The van der Waals surface area contributed by atoms with Crippen LogP contribution in [0.5, 0.6) is 0 Å². The number of furan rings is 1. The normalized spacial score (nSPS) is 12.2. The van der Waals surface area contributed by atoms with E-state index in [9.17, 15) is 0 Å². The number of para-hydroxylation sites is 4. The van der Waals surface area contributed by atoms with Gasteiger partial charge in [0.05, 0.1) is 38.5 Å². The van der Waals surface area contributed by atoms with E-state index < -0.39 is 0 Å². The third-order valence-corrected chi connectivity index (χ3v) is 16.2. The molecule has 0 spiro atoms. The van der Waals surface area contributed by atoms with Gasteiger partial charge in [-0.15, -0.1) is 11.3 Å². The molecule has 0 N–H and O–H groups in total. The molecule has 330 valence electrons. The molecule has 5 heteroatoms. The molecule has 0 aliphatic carbocycles. The average Bonchev–Trinajstić information content (AvgIpc) is 4.24. The van der Waals surface area contributed by atoms with Crippen molar-refractivity contribution in [2.75, 3.05) is 0 Å². The quantitative estimate of drug-likeness (QED) is 0.169. The molecule has 0 bridgehead atoms. The molecule has 0 aliphatic rings. The topological polar surface area (TPSA) is 27.9 Å². The Bertz CT molecular complexity index is 4890. The lowest BCUT2D eigenvalue weighted by atomic mass is 10.0. The zero-order valence-corrected chi connectivity index (χ0v) is 39.0. The van der Waals surface area contributed by atoms with Crippen molar-refractivity contribution in [2.24, 2.45) is 0 Å². The van der Waals surface area contributed by atoms with Crippen LogP contribution in [0, 0.1) is 0 Å². The number of rotatable bonds is 5. The Balaban J connectivity index is 0.831. The molecule has 0 aliphatic heterocycles. The summed E-state index contributed by atoms with van der Waals surface area (Å²) in [6.45, 7) is 0. The van der Waals surface area contributed by atoms with Gasteiger partial charge in [0.15, 0.2) is 0 Å². The summed E-state index contributed by atoms with van der Waals surface area (Å²) in [5.74, 6) is 0. The summed E-state index contributed by atoms with van der Waals surface area (Å²) in [5.41, 5.74) is 17.0. The highest BCUT2D eigenvalue weighted by molar-refractivity contribution is 7.26. The van der Waals surface area contributed by atoms with Crippen molar-refractivity contribution < 1.29 is 4.42 Å². The maximum atomic E-state index is 6.97. The Morgan fingerprint density at radius 1 is 0.296 bits per heavy atom. The Labute approximate surface area is 410 Å². The minimum atomic E-state index is 0.874. The molecule has 11 aromatic carbocycles. The largest absolute Gasteiger partial charge is 0.455 e. The van der Waals surface area contributed by atoms with Gasteiger partial charge in [0.1, 0.15) is 11.2 Å². The average molecular weight is 922 g/mol. The molecule has 16 aromatic rings. The molecule has 0 saturated heterocycles. The molecule has 0 radical (unpaired) electrons. The number of thiophene rings is 1. The van der Waals surface area contributed by atoms with Gasteiger partial charge >= 0.3 is 0 Å². The molecule has 71 heavy (non-hydrogen) atoms. The molecule has 5 heterocycles. The zero-order chi connectivity index (χ0) is 46.3. The van der Waals surface area contributed by atoms with Crippen LogP contribution < -0.4 is 0 Å². The number of fused-ring (bicyclic) bond motifs is 16. The van der Waals surface area contributed by atoms with E-state index in [0.717, 1.165) is 55.4 Å². The summed E-state index contributed by atoms with van der Waals surface area (Å²) in [7, 11) is 0. The highest BCUT2D eigenvalue weighted by Crippen LogP contribution is 2.45. The highest BCUT2D eigenvalue weighted by atomic mass is 32.1. The number of aromatic nitrogens is 3. The van der Waals surface area contributed by atoms with Crippen molar-refractivity contribution in [3.05, 3.63) is 237 Å². The van der Waals surface area contributed by atoms with Crippen LogP contribution in [0.4, 0.5) is 0 Å². The lowest BCUT2D eigenvalue weighted by molar-refractivity contribution is 0.673. The number of benzene rings is 11. The summed E-state index contributed by atoms with van der Waals surface area (Å²) in [6.07, 6.45) is 0. The van der Waals surface area contributed by atoms with Gasteiger partial charge < -0.3 is 18.1 Å². The third-order valence-electron chi connectivity index (χ3n) is 15.0. The van der Waals surface area contributed by atoms with Gasteiger partial charge in [-0.1, -0.05) is 133 Å². The SMILES string of the molecule is c1ccc(-n2c3ccccc3c3cc(-c4ccc5c(c4)c4ccccc4n5-c4ccc5oc6c(ccc7c6c6ccccc6n7-c6cccc(-c7cccc8c7sc7ccccc78)c6)c5c4)ccc32)cc1. The van der Waals surface area contributed by atoms with Gasteiger partial charge in [0.25, 0.3) is 0 Å². The predicted octanol–water partition coefficient (Wildman–Crippen LogP) is 18.6. The first-order chi connectivity index (χ1) is 35.2. The second-order valence-electron chi connectivity index (χ2n) is 18.8. The number of nitrogens with zero attached hydrogens (tertiary/aromatic N) is 3. The first-order valence-electron chi connectivity index (χ1n) is 24.2. The van der Waals surface area contributed by atoms with Crippen LogP contribution >= 0.6 is 11.3 Å². The minimum absolute atomic E-state index is 0.874. The molecule has 0 atom stereocenters. The zero-order valence-electron chi connectivity index (χ0n) is 38.2. The van der Waals surface area contributed by atoms with E-state index in [4.69, 9.17) is 4.42 Å². The lowest BCUT2D eigenvalue weighted by Crippen LogP contribution is -1.94. The van der Waals surface area contributed by atoms with Gasteiger partial charge in [0.2, 0.25) is 0 Å². The fourth-order valence-corrected chi connectivity index (χ4v) is 13.2. The standard InChI is InChI=1S/C66H39N3OS/c1-2-15-43(16-3-1)67-56-24-8-4-18-47(56)53-37-40(28-32-59(53)67)41-29-33-60-54(38-41)48-19-5-9-25-57(48)68(60)45-30-35-62-55(39-45)50-31-34-61-64(65(50)70-62)52-21-6-10-26-58(52)69(61)44-17-12-14-42(36-44)46-22-13-23-51-49-20-7-11-27-63(49)71-66(46)51/h1-39H. The van der Waals surface area contributed by atoms with Gasteiger partial charge in [-0.25, -0.2) is 0 Å². The second-order valence-corrected chi connectivity index (χ2v) is 19.9. The molecule has 0 saturated carbocycles. The van der Waals surface area contributed by atoms with Crippen LogP contribution in [0.25, 0.3) is 147 Å². The first kappa shape index (κ1) is 38.8. The minimum Gasteiger partial charge on any atom is -0.455 e. The van der Waals surface area contributed by atoms with Gasteiger partial charge in [0, 0.05) is 74.9 Å². The van der Waals surface area contributed by atoms with E-state index in [0.29, 0.717) is 0 Å². The van der Waals surface area contributed by atoms with Crippen molar-refractivity contribution in [3.63, 3.8) is 0 Å². The van der Waals surface area contributed by atoms with Crippen LogP contribution in [0.1, 0.15) is 0 Å².